The maximum absolute atomic E-state index is 2.46. The lowest BCUT2D eigenvalue weighted by Gasteiger charge is -2.29. The van der Waals surface area contributed by atoms with Crippen molar-refractivity contribution in [2.24, 2.45) is 0 Å². The number of aryl methyl sites for hydroxylation is 2. The molecule has 0 aliphatic heterocycles. The van der Waals surface area contributed by atoms with Gasteiger partial charge in [-0.2, -0.15) is 0 Å². The number of nitrogens with zero attached hydrogens (tertiary/aromatic N) is 1. The van der Waals surface area contributed by atoms with E-state index in [1.807, 2.05) is 0 Å². The highest BCUT2D eigenvalue weighted by atomic mass is 15.1. The van der Waals surface area contributed by atoms with Gasteiger partial charge in [-0.3, -0.25) is 0 Å². The Morgan fingerprint density at radius 1 is 0.480 bits per heavy atom. The molecular formula is C49H37N. The number of hydrogen-bond acceptors (Lipinski definition) is 1. The van der Waals surface area contributed by atoms with Crippen LogP contribution in [0.1, 0.15) is 23.1 Å². The predicted octanol–water partition coefficient (Wildman–Crippen LogP) is 13.7. The van der Waals surface area contributed by atoms with Gasteiger partial charge in [-0.05, 0) is 128 Å². The summed E-state index contributed by atoms with van der Waals surface area (Å²) in [6.07, 6.45) is 6.80. The first-order chi connectivity index (χ1) is 24.8. The number of allylic oxidation sites excluding steroid dienone is 1. The molecule has 0 N–H and O–H groups in total. The monoisotopic (exact) mass is 639 g/mol. The van der Waals surface area contributed by atoms with Gasteiger partial charge in [-0.1, -0.05) is 146 Å². The molecule has 0 aromatic heterocycles. The van der Waals surface area contributed by atoms with Crippen molar-refractivity contribution >= 4 is 44.7 Å². The Labute approximate surface area is 294 Å². The third-order valence-corrected chi connectivity index (χ3v) is 10.2. The van der Waals surface area contributed by atoms with E-state index in [1.165, 1.54) is 77.3 Å². The molecule has 9 rings (SSSR count). The van der Waals surface area contributed by atoms with Crippen molar-refractivity contribution in [3.8, 4) is 33.4 Å². The van der Waals surface area contributed by atoms with Crippen molar-refractivity contribution in [3.63, 3.8) is 0 Å². The van der Waals surface area contributed by atoms with Crippen molar-refractivity contribution in [1.82, 2.24) is 0 Å². The molecule has 0 unspecified atom stereocenters. The van der Waals surface area contributed by atoms with E-state index in [4.69, 9.17) is 0 Å². The average Bonchev–Trinajstić information content (AvgIpc) is 3.19. The van der Waals surface area contributed by atoms with Crippen LogP contribution in [0, 0.1) is 6.92 Å². The minimum Gasteiger partial charge on any atom is -0.310 e. The van der Waals surface area contributed by atoms with Gasteiger partial charge in [0.1, 0.15) is 0 Å². The molecule has 50 heavy (non-hydrogen) atoms. The van der Waals surface area contributed by atoms with Crippen molar-refractivity contribution in [3.05, 3.63) is 193 Å². The molecule has 1 aliphatic rings. The Morgan fingerprint density at radius 3 is 1.76 bits per heavy atom. The van der Waals surface area contributed by atoms with Crippen molar-refractivity contribution in [2.75, 3.05) is 4.90 Å². The molecule has 0 saturated carbocycles. The number of rotatable bonds is 6. The molecule has 0 bridgehead atoms. The lowest BCUT2D eigenvalue weighted by molar-refractivity contribution is 1.00. The molecule has 1 nitrogen and oxygen atoms in total. The number of fused-ring (bicyclic) bond motifs is 6. The van der Waals surface area contributed by atoms with Gasteiger partial charge in [-0.15, -0.1) is 0 Å². The largest absolute Gasteiger partial charge is 0.310 e. The van der Waals surface area contributed by atoms with E-state index in [9.17, 15) is 0 Å². The van der Waals surface area contributed by atoms with Crippen LogP contribution < -0.4 is 4.90 Å². The zero-order valence-electron chi connectivity index (χ0n) is 28.2. The fourth-order valence-corrected chi connectivity index (χ4v) is 7.96. The van der Waals surface area contributed by atoms with Crippen LogP contribution in [0.3, 0.4) is 0 Å². The summed E-state index contributed by atoms with van der Waals surface area (Å²) in [6, 6.07) is 62.0. The van der Waals surface area contributed by atoms with Crippen LogP contribution in [-0.4, -0.2) is 0 Å². The van der Waals surface area contributed by atoms with Crippen molar-refractivity contribution < 1.29 is 0 Å². The molecule has 1 heteroatoms. The third kappa shape index (κ3) is 5.11. The molecule has 0 radical (unpaired) electrons. The first kappa shape index (κ1) is 29.9. The Balaban J connectivity index is 1.45. The standard InChI is InChI=1S/C49H37N/c1-34-18-14-17-29-46(34)50(38-25-12-5-13-26-38)39-30-31-42-45(32-39)40-27-15-16-28-41(40)48-44(36-21-8-3-9-22-36)33-43(35-19-6-2-7-20-35)47(49(42)48)37-23-10-4-11-24-37/h2-14,16-26,28-33H,15,27H2,1H3. The molecule has 8 aromatic carbocycles. The highest BCUT2D eigenvalue weighted by Crippen LogP contribution is 2.50. The van der Waals surface area contributed by atoms with Crippen LogP contribution in [0.15, 0.2) is 176 Å². The van der Waals surface area contributed by atoms with Gasteiger partial charge in [0.2, 0.25) is 0 Å². The summed E-state index contributed by atoms with van der Waals surface area (Å²) in [5.41, 5.74) is 15.0. The number of benzene rings is 8. The molecule has 0 spiro atoms. The topological polar surface area (TPSA) is 3.24 Å². The molecular weight excluding hydrogens is 603 g/mol. The molecule has 0 amide bonds. The first-order valence-corrected chi connectivity index (χ1v) is 17.6. The smallest absolute Gasteiger partial charge is 0.0490 e. The van der Waals surface area contributed by atoms with Gasteiger partial charge in [0.05, 0.1) is 0 Å². The zero-order valence-corrected chi connectivity index (χ0v) is 28.2. The molecule has 0 saturated heterocycles. The van der Waals surface area contributed by atoms with Crippen LogP contribution in [0.2, 0.25) is 0 Å². The van der Waals surface area contributed by atoms with E-state index in [0.717, 1.165) is 24.2 Å². The second kappa shape index (κ2) is 12.7. The molecule has 0 atom stereocenters. The predicted molar refractivity (Wildman–Crippen MR) is 215 cm³/mol. The normalized spacial score (nSPS) is 12.3. The number of anilines is 3. The van der Waals surface area contributed by atoms with E-state index >= 15 is 0 Å². The van der Waals surface area contributed by atoms with Gasteiger partial charge in [0.15, 0.2) is 0 Å². The highest BCUT2D eigenvalue weighted by Gasteiger charge is 2.25. The molecule has 1 aliphatic carbocycles. The van der Waals surface area contributed by atoms with E-state index in [0.29, 0.717) is 0 Å². The van der Waals surface area contributed by atoms with Crippen LogP contribution in [-0.2, 0) is 6.42 Å². The maximum Gasteiger partial charge on any atom is 0.0490 e. The summed E-state index contributed by atoms with van der Waals surface area (Å²) < 4.78 is 0. The minimum atomic E-state index is 1.01. The summed E-state index contributed by atoms with van der Waals surface area (Å²) in [7, 11) is 0. The zero-order chi connectivity index (χ0) is 33.4. The SMILES string of the molecule is Cc1ccccc1N(c1ccccc1)c1ccc2c(c1)c1c(c3c(-c4ccccc4)cc(-c4ccccc4)c(-c4ccccc4)c32)C=CCC1. The summed E-state index contributed by atoms with van der Waals surface area (Å²) in [4.78, 5) is 2.41. The van der Waals surface area contributed by atoms with Gasteiger partial charge >= 0.3 is 0 Å². The minimum absolute atomic E-state index is 1.01. The maximum atomic E-state index is 2.46. The summed E-state index contributed by atoms with van der Waals surface area (Å²) in [6.45, 7) is 2.20. The van der Waals surface area contributed by atoms with E-state index in [1.54, 1.807) is 0 Å². The Hall–Kier alpha value is -6.18. The fourth-order valence-electron chi connectivity index (χ4n) is 7.96. The molecule has 0 fully saturated rings. The molecule has 8 aromatic rings. The van der Waals surface area contributed by atoms with E-state index in [2.05, 4.69) is 194 Å². The summed E-state index contributed by atoms with van der Waals surface area (Å²) in [5.74, 6) is 0. The van der Waals surface area contributed by atoms with Gasteiger partial charge in [0.25, 0.3) is 0 Å². The van der Waals surface area contributed by atoms with E-state index in [-0.39, 0.29) is 0 Å². The number of hydrogen-bond donors (Lipinski definition) is 0. The van der Waals surface area contributed by atoms with Crippen molar-refractivity contribution in [1.29, 1.82) is 0 Å². The van der Waals surface area contributed by atoms with Gasteiger partial charge < -0.3 is 4.90 Å². The summed E-state index contributed by atoms with van der Waals surface area (Å²) >= 11 is 0. The van der Waals surface area contributed by atoms with Gasteiger partial charge in [0, 0.05) is 17.1 Å². The summed E-state index contributed by atoms with van der Waals surface area (Å²) in [5, 5.41) is 5.26. The van der Waals surface area contributed by atoms with Crippen LogP contribution >= 0.6 is 0 Å². The fraction of sp³-hybridized carbons (Fsp3) is 0.0612. The molecule has 238 valence electrons. The second-order valence-electron chi connectivity index (χ2n) is 13.2. The average molecular weight is 640 g/mol. The van der Waals surface area contributed by atoms with Crippen LogP contribution in [0.4, 0.5) is 17.1 Å². The second-order valence-corrected chi connectivity index (χ2v) is 13.2. The Bertz CT molecular complexity index is 2510. The van der Waals surface area contributed by atoms with Crippen molar-refractivity contribution in [2.45, 2.75) is 19.8 Å². The van der Waals surface area contributed by atoms with Crippen LogP contribution in [0.5, 0.6) is 0 Å². The Kier molecular flexibility index (Phi) is 7.59. The first-order valence-electron chi connectivity index (χ1n) is 17.6. The van der Waals surface area contributed by atoms with Gasteiger partial charge in [-0.25, -0.2) is 0 Å². The highest BCUT2D eigenvalue weighted by molar-refractivity contribution is 6.25. The quantitative estimate of drug-likeness (QED) is 0.164. The number of para-hydroxylation sites is 2. The van der Waals surface area contributed by atoms with Crippen LogP contribution in [0.25, 0.3) is 61.0 Å². The van der Waals surface area contributed by atoms with E-state index < -0.39 is 0 Å². The lowest BCUT2D eigenvalue weighted by Crippen LogP contribution is -2.11. The Morgan fingerprint density at radius 2 is 1.08 bits per heavy atom. The third-order valence-electron chi connectivity index (χ3n) is 10.2. The molecule has 0 heterocycles. The lowest BCUT2D eigenvalue weighted by atomic mass is 9.78.